The van der Waals surface area contributed by atoms with Gasteiger partial charge in [-0.2, -0.15) is 0 Å². The molecule has 0 saturated heterocycles. The summed E-state index contributed by atoms with van der Waals surface area (Å²) in [6.07, 6.45) is 6.37. The molecule has 0 saturated carbocycles. The quantitative estimate of drug-likeness (QED) is 0.551. The standard InChI is InChI=1S/C12H14OS/c13-14(12-8-4-5-9-12)10-11-6-2-1-3-7-11/h1-4,6-8,12H,5,9-10H2. The highest BCUT2D eigenvalue weighted by Crippen LogP contribution is 2.21. The van der Waals surface area contributed by atoms with Gasteiger partial charge >= 0.3 is 0 Å². The highest BCUT2D eigenvalue weighted by Gasteiger charge is 2.21. The van der Waals surface area contributed by atoms with Gasteiger partial charge in [0, 0.05) is 12.0 Å². The second-order valence-electron chi connectivity index (χ2n) is 3.55. The van der Waals surface area contributed by atoms with Gasteiger partial charge in [-0.25, -0.2) is 0 Å². The predicted octanol–water partition coefficient (Wildman–Crippen LogP) is 2.65. The zero-order chi connectivity index (χ0) is 9.80. The van der Waals surface area contributed by atoms with E-state index in [4.69, 9.17) is 0 Å². The highest BCUT2D eigenvalue weighted by molar-refractivity contribution is 7.91. The minimum absolute atomic E-state index is 0.287. The van der Waals surface area contributed by atoms with Crippen molar-refractivity contribution in [3.05, 3.63) is 48.0 Å². The molecule has 2 atom stereocenters. The van der Waals surface area contributed by atoms with E-state index in [1.165, 1.54) is 5.56 Å². The molecular weight excluding hydrogens is 192 g/mol. The number of hydrogen-bond acceptors (Lipinski definition) is 1. The first kappa shape index (κ1) is 9.81. The molecule has 0 aliphatic heterocycles. The summed E-state index contributed by atoms with van der Waals surface area (Å²) >= 11 is -0.733. The SMILES string of the molecule is [O-][S+](Cc1ccccc1)C1C=CCC1. The number of benzene rings is 1. The van der Waals surface area contributed by atoms with E-state index in [1.807, 2.05) is 30.3 Å². The highest BCUT2D eigenvalue weighted by atomic mass is 32.2. The van der Waals surface area contributed by atoms with Crippen LogP contribution < -0.4 is 0 Å². The van der Waals surface area contributed by atoms with Crippen molar-refractivity contribution >= 4 is 11.2 Å². The molecule has 2 unspecified atom stereocenters. The van der Waals surface area contributed by atoms with Gasteiger partial charge in [-0.3, -0.25) is 0 Å². The molecule has 74 valence electrons. The maximum Gasteiger partial charge on any atom is 0.134 e. The Labute approximate surface area is 88.0 Å². The monoisotopic (exact) mass is 206 g/mol. The van der Waals surface area contributed by atoms with Crippen molar-refractivity contribution in [1.82, 2.24) is 0 Å². The van der Waals surface area contributed by atoms with Crippen molar-refractivity contribution in [2.75, 3.05) is 0 Å². The van der Waals surface area contributed by atoms with Crippen LogP contribution in [0.5, 0.6) is 0 Å². The number of allylic oxidation sites excluding steroid dienone is 1. The Balaban J connectivity index is 1.94. The van der Waals surface area contributed by atoms with Crippen LogP contribution in [0.4, 0.5) is 0 Å². The summed E-state index contributed by atoms with van der Waals surface area (Å²) in [4.78, 5) is 0. The summed E-state index contributed by atoms with van der Waals surface area (Å²) in [6.45, 7) is 0. The van der Waals surface area contributed by atoms with Crippen molar-refractivity contribution in [3.8, 4) is 0 Å². The molecule has 1 aromatic carbocycles. The first-order valence-electron chi connectivity index (χ1n) is 4.94. The van der Waals surface area contributed by atoms with E-state index >= 15 is 0 Å². The lowest BCUT2D eigenvalue weighted by Gasteiger charge is -2.15. The molecule has 0 heterocycles. The van der Waals surface area contributed by atoms with Gasteiger partial charge in [0.2, 0.25) is 0 Å². The van der Waals surface area contributed by atoms with Crippen molar-refractivity contribution in [3.63, 3.8) is 0 Å². The summed E-state index contributed by atoms with van der Waals surface area (Å²) in [5, 5.41) is 0.287. The first-order valence-corrected chi connectivity index (χ1v) is 6.32. The molecule has 0 spiro atoms. The Morgan fingerprint density at radius 2 is 2.07 bits per heavy atom. The van der Waals surface area contributed by atoms with Gasteiger partial charge in [0.25, 0.3) is 0 Å². The first-order chi connectivity index (χ1) is 6.86. The van der Waals surface area contributed by atoms with E-state index in [-0.39, 0.29) is 5.25 Å². The lowest BCUT2D eigenvalue weighted by atomic mass is 10.2. The van der Waals surface area contributed by atoms with Crippen LogP contribution in [0.25, 0.3) is 0 Å². The molecule has 0 aromatic heterocycles. The molecule has 0 N–H and O–H groups in total. The average molecular weight is 206 g/mol. The Kier molecular flexibility index (Phi) is 3.27. The van der Waals surface area contributed by atoms with Gasteiger partial charge in [-0.05, 0) is 23.7 Å². The van der Waals surface area contributed by atoms with Gasteiger partial charge in [-0.1, -0.05) is 36.4 Å². The largest absolute Gasteiger partial charge is 0.616 e. The van der Waals surface area contributed by atoms with Crippen molar-refractivity contribution < 1.29 is 4.55 Å². The number of hydrogen-bond donors (Lipinski definition) is 0. The van der Waals surface area contributed by atoms with Crippen molar-refractivity contribution in [1.29, 1.82) is 0 Å². The molecule has 0 amide bonds. The molecule has 1 nitrogen and oxygen atoms in total. The zero-order valence-corrected chi connectivity index (χ0v) is 8.87. The predicted molar refractivity (Wildman–Crippen MR) is 60.5 cm³/mol. The molecule has 2 rings (SSSR count). The molecule has 0 radical (unpaired) electrons. The maximum absolute atomic E-state index is 11.9. The van der Waals surface area contributed by atoms with Crippen LogP contribution in [-0.4, -0.2) is 9.80 Å². The van der Waals surface area contributed by atoms with E-state index in [0.29, 0.717) is 5.75 Å². The Morgan fingerprint density at radius 3 is 2.71 bits per heavy atom. The summed E-state index contributed by atoms with van der Waals surface area (Å²) in [5.41, 5.74) is 1.17. The minimum Gasteiger partial charge on any atom is -0.616 e. The lowest BCUT2D eigenvalue weighted by Crippen LogP contribution is -2.18. The van der Waals surface area contributed by atoms with Crippen LogP contribution in [0.3, 0.4) is 0 Å². The summed E-state index contributed by atoms with van der Waals surface area (Å²) in [7, 11) is 0. The van der Waals surface area contributed by atoms with Crippen LogP contribution in [0.15, 0.2) is 42.5 Å². The van der Waals surface area contributed by atoms with Crippen LogP contribution >= 0.6 is 0 Å². The van der Waals surface area contributed by atoms with Crippen molar-refractivity contribution in [2.45, 2.75) is 23.8 Å². The Hall–Kier alpha value is -0.730. The molecule has 2 heteroatoms. The molecule has 0 fully saturated rings. The zero-order valence-electron chi connectivity index (χ0n) is 8.06. The summed E-state index contributed by atoms with van der Waals surface area (Å²) in [6, 6.07) is 10.1. The van der Waals surface area contributed by atoms with E-state index in [9.17, 15) is 4.55 Å². The molecule has 0 bridgehead atoms. The normalized spacial score (nSPS) is 22.5. The molecule has 14 heavy (non-hydrogen) atoms. The van der Waals surface area contributed by atoms with Crippen LogP contribution in [0.2, 0.25) is 0 Å². The van der Waals surface area contributed by atoms with E-state index in [2.05, 4.69) is 12.2 Å². The third kappa shape index (κ3) is 2.40. The van der Waals surface area contributed by atoms with Gasteiger partial charge in [0.15, 0.2) is 0 Å². The van der Waals surface area contributed by atoms with E-state index in [1.54, 1.807) is 0 Å². The van der Waals surface area contributed by atoms with Gasteiger partial charge < -0.3 is 4.55 Å². The smallest absolute Gasteiger partial charge is 0.134 e. The Morgan fingerprint density at radius 1 is 1.29 bits per heavy atom. The van der Waals surface area contributed by atoms with Crippen molar-refractivity contribution in [2.24, 2.45) is 0 Å². The fraction of sp³-hybridized carbons (Fsp3) is 0.333. The minimum atomic E-state index is -0.733. The van der Waals surface area contributed by atoms with E-state index in [0.717, 1.165) is 12.8 Å². The molecule has 1 aliphatic rings. The van der Waals surface area contributed by atoms with Gasteiger partial charge in [0.05, 0.1) is 0 Å². The van der Waals surface area contributed by atoms with Crippen LogP contribution in [0.1, 0.15) is 18.4 Å². The van der Waals surface area contributed by atoms with Crippen LogP contribution in [0, 0.1) is 0 Å². The van der Waals surface area contributed by atoms with Gasteiger partial charge in [0.1, 0.15) is 11.0 Å². The van der Waals surface area contributed by atoms with Gasteiger partial charge in [-0.15, -0.1) is 0 Å². The lowest BCUT2D eigenvalue weighted by molar-refractivity contribution is 0.585. The second kappa shape index (κ2) is 4.67. The fourth-order valence-electron chi connectivity index (χ4n) is 1.67. The Bertz CT molecular complexity index is 307. The molecule has 1 aliphatic carbocycles. The average Bonchev–Trinajstić information content (AvgIpc) is 2.72. The summed E-state index contributed by atoms with van der Waals surface area (Å²) < 4.78 is 11.9. The maximum atomic E-state index is 11.9. The second-order valence-corrected chi connectivity index (χ2v) is 5.21. The third-order valence-electron chi connectivity index (χ3n) is 2.46. The molecule has 1 aromatic rings. The molecular formula is C12H14OS. The fourth-order valence-corrected chi connectivity index (χ4v) is 3.09. The number of rotatable bonds is 3. The topological polar surface area (TPSA) is 23.1 Å². The van der Waals surface area contributed by atoms with E-state index < -0.39 is 11.2 Å². The third-order valence-corrected chi connectivity index (χ3v) is 4.14. The summed E-state index contributed by atoms with van der Waals surface area (Å²) in [5.74, 6) is 0.690. The van der Waals surface area contributed by atoms with Crippen LogP contribution in [-0.2, 0) is 16.9 Å².